The summed E-state index contributed by atoms with van der Waals surface area (Å²) in [5.41, 5.74) is 2.50. The molecule has 118 valence electrons. The molecule has 0 saturated carbocycles. The molecular weight excluding hydrogens is 294 g/mol. The third-order valence-corrected chi connectivity index (χ3v) is 4.23. The fraction of sp³-hybridized carbons (Fsp3) is 0.312. The highest BCUT2D eigenvalue weighted by Gasteiger charge is 2.34. The highest BCUT2D eigenvalue weighted by Crippen LogP contribution is 2.38. The van der Waals surface area contributed by atoms with E-state index in [1.165, 1.54) is 6.33 Å². The molecule has 0 radical (unpaired) electrons. The lowest BCUT2D eigenvalue weighted by molar-refractivity contribution is 0.194. The van der Waals surface area contributed by atoms with Gasteiger partial charge in [0.15, 0.2) is 11.5 Å². The van der Waals surface area contributed by atoms with Gasteiger partial charge in [0, 0.05) is 6.54 Å². The number of aromatic nitrogens is 4. The molecule has 1 aromatic carbocycles. The van der Waals surface area contributed by atoms with Gasteiger partial charge in [0.2, 0.25) is 0 Å². The Hall–Kier alpha value is -2.67. The van der Waals surface area contributed by atoms with Crippen molar-refractivity contribution in [1.82, 2.24) is 19.9 Å². The van der Waals surface area contributed by atoms with Crippen LogP contribution in [0.5, 0.6) is 5.75 Å². The van der Waals surface area contributed by atoms with Crippen LogP contribution in [0.2, 0.25) is 0 Å². The highest BCUT2D eigenvalue weighted by atomic mass is 16.5. The van der Waals surface area contributed by atoms with E-state index < -0.39 is 6.10 Å². The molecule has 4 rings (SSSR count). The molecule has 2 atom stereocenters. The van der Waals surface area contributed by atoms with Crippen LogP contribution < -0.4 is 9.64 Å². The van der Waals surface area contributed by atoms with E-state index in [-0.39, 0.29) is 6.04 Å². The second-order valence-corrected chi connectivity index (χ2v) is 5.63. The summed E-state index contributed by atoms with van der Waals surface area (Å²) < 4.78 is 5.32. The van der Waals surface area contributed by atoms with Crippen molar-refractivity contribution in [1.29, 1.82) is 0 Å². The largest absolute Gasteiger partial charge is 0.497 e. The van der Waals surface area contributed by atoms with Crippen LogP contribution in [-0.4, -0.2) is 44.8 Å². The third kappa shape index (κ3) is 2.39. The number of aliphatic hydroxyl groups excluding tert-OH is 1. The first kappa shape index (κ1) is 14.0. The van der Waals surface area contributed by atoms with Gasteiger partial charge in [-0.15, -0.1) is 0 Å². The second-order valence-electron chi connectivity index (χ2n) is 5.63. The Bertz CT molecular complexity index is 834. The van der Waals surface area contributed by atoms with E-state index in [9.17, 15) is 5.11 Å². The van der Waals surface area contributed by atoms with Crippen molar-refractivity contribution in [2.75, 3.05) is 18.6 Å². The molecule has 1 saturated heterocycles. The first-order valence-electron chi connectivity index (χ1n) is 7.49. The molecule has 0 amide bonds. The van der Waals surface area contributed by atoms with Gasteiger partial charge < -0.3 is 19.7 Å². The number of nitrogens with zero attached hydrogens (tertiary/aromatic N) is 4. The van der Waals surface area contributed by atoms with Crippen molar-refractivity contribution < 1.29 is 9.84 Å². The number of hydrogen-bond acceptors (Lipinski definition) is 6. The first-order valence-corrected chi connectivity index (χ1v) is 7.49. The summed E-state index contributed by atoms with van der Waals surface area (Å²) in [5.74, 6) is 1.56. The molecular formula is C16H17N5O2. The molecule has 7 nitrogen and oxygen atoms in total. The van der Waals surface area contributed by atoms with Crippen LogP contribution in [0.15, 0.2) is 36.9 Å². The summed E-state index contributed by atoms with van der Waals surface area (Å²) in [7, 11) is 1.65. The summed E-state index contributed by atoms with van der Waals surface area (Å²) in [6.45, 7) is 0.521. The van der Waals surface area contributed by atoms with Crippen molar-refractivity contribution in [3.05, 3.63) is 42.5 Å². The number of β-amino-alcohol motifs (C(OH)–C–C–N with tert-alkyl or cyclic N) is 1. The third-order valence-electron chi connectivity index (χ3n) is 4.23. The number of rotatable bonds is 3. The van der Waals surface area contributed by atoms with Crippen LogP contribution in [0, 0.1) is 0 Å². The normalized spacial score (nSPS) is 21.0. The van der Waals surface area contributed by atoms with E-state index in [0.717, 1.165) is 22.6 Å². The van der Waals surface area contributed by atoms with Gasteiger partial charge in [-0.3, -0.25) is 0 Å². The fourth-order valence-electron chi connectivity index (χ4n) is 3.18. The molecule has 7 heteroatoms. The van der Waals surface area contributed by atoms with Crippen LogP contribution in [-0.2, 0) is 0 Å². The van der Waals surface area contributed by atoms with E-state index in [0.29, 0.717) is 18.6 Å². The maximum absolute atomic E-state index is 10.2. The lowest BCUT2D eigenvalue weighted by Gasteiger charge is -2.26. The Labute approximate surface area is 133 Å². The molecule has 0 spiro atoms. The van der Waals surface area contributed by atoms with Crippen LogP contribution >= 0.6 is 0 Å². The van der Waals surface area contributed by atoms with Crippen LogP contribution in [0.3, 0.4) is 0 Å². The van der Waals surface area contributed by atoms with Crippen LogP contribution in [0.25, 0.3) is 11.2 Å². The molecule has 1 aliphatic heterocycles. The van der Waals surface area contributed by atoms with E-state index >= 15 is 0 Å². The monoisotopic (exact) mass is 311 g/mol. The Kier molecular flexibility index (Phi) is 3.34. The number of anilines is 1. The van der Waals surface area contributed by atoms with E-state index in [1.807, 2.05) is 24.3 Å². The number of fused-ring (bicyclic) bond motifs is 1. The lowest BCUT2D eigenvalue weighted by atomic mass is 10.0. The summed E-state index contributed by atoms with van der Waals surface area (Å²) in [4.78, 5) is 17.9. The van der Waals surface area contributed by atoms with Gasteiger partial charge in [-0.25, -0.2) is 15.0 Å². The van der Waals surface area contributed by atoms with Crippen molar-refractivity contribution in [3.63, 3.8) is 0 Å². The number of nitrogens with one attached hydrogen (secondary N) is 1. The molecule has 3 aromatic rings. The maximum atomic E-state index is 10.2. The molecule has 0 aliphatic carbocycles. The molecule has 1 fully saturated rings. The molecule has 3 heterocycles. The zero-order chi connectivity index (χ0) is 15.8. The number of H-pyrrole nitrogens is 1. The van der Waals surface area contributed by atoms with Gasteiger partial charge in [-0.2, -0.15) is 0 Å². The zero-order valence-electron chi connectivity index (χ0n) is 12.7. The minimum Gasteiger partial charge on any atom is -0.497 e. The van der Waals surface area contributed by atoms with Gasteiger partial charge in [0.1, 0.15) is 17.6 Å². The van der Waals surface area contributed by atoms with Crippen molar-refractivity contribution >= 4 is 17.0 Å². The minimum absolute atomic E-state index is 0.0292. The second kappa shape index (κ2) is 5.51. The van der Waals surface area contributed by atoms with Crippen molar-refractivity contribution in [2.45, 2.75) is 18.6 Å². The quantitative estimate of drug-likeness (QED) is 0.765. The number of aromatic amines is 1. The Morgan fingerprint density at radius 1 is 1.30 bits per heavy atom. The van der Waals surface area contributed by atoms with E-state index in [1.54, 1.807) is 13.4 Å². The topological polar surface area (TPSA) is 87.2 Å². The fourth-order valence-corrected chi connectivity index (χ4v) is 3.18. The molecule has 0 unspecified atom stereocenters. The smallest absolute Gasteiger partial charge is 0.182 e. The Morgan fingerprint density at radius 2 is 2.22 bits per heavy atom. The zero-order valence-corrected chi connectivity index (χ0v) is 12.7. The molecule has 2 N–H and O–H groups in total. The van der Waals surface area contributed by atoms with Gasteiger partial charge in [0.05, 0.1) is 25.6 Å². The molecule has 2 aromatic heterocycles. The van der Waals surface area contributed by atoms with Crippen LogP contribution in [0.1, 0.15) is 18.0 Å². The number of ether oxygens (including phenoxy) is 1. The van der Waals surface area contributed by atoms with Gasteiger partial charge in [-0.1, -0.05) is 12.1 Å². The van der Waals surface area contributed by atoms with Crippen molar-refractivity contribution in [2.24, 2.45) is 0 Å². The molecule has 1 aliphatic rings. The Morgan fingerprint density at radius 3 is 3.09 bits per heavy atom. The predicted molar refractivity (Wildman–Crippen MR) is 85.4 cm³/mol. The average molecular weight is 311 g/mol. The number of methoxy groups -OCH3 is 1. The number of aliphatic hydroxyl groups is 1. The number of imidazole rings is 1. The van der Waals surface area contributed by atoms with Gasteiger partial charge in [-0.05, 0) is 24.1 Å². The van der Waals surface area contributed by atoms with Gasteiger partial charge in [0.25, 0.3) is 0 Å². The van der Waals surface area contributed by atoms with Gasteiger partial charge >= 0.3 is 0 Å². The summed E-state index contributed by atoms with van der Waals surface area (Å²) in [6.07, 6.45) is 3.35. The standard InChI is InChI=1S/C16H17N5O2/c1-23-12-4-2-3-10(5-12)13-6-11(22)7-21(13)16-14-15(18-8-17-14)19-9-20-16/h2-5,8-9,11,13,22H,6-7H2,1H3,(H,17,18,19,20)/t11-,13+/m1/s1. The molecule has 0 bridgehead atoms. The lowest BCUT2D eigenvalue weighted by Crippen LogP contribution is -2.25. The molecule has 23 heavy (non-hydrogen) atoms. The van der Waals surface area contributed by atoms with Crippen LogP contribution in [0.4, 0.5) is 5.82 Å². The van der Waals surface area contributed by atoms with Crippen molar-refractivity contribution in [3.8, 4) is 5.75 Å². The Balaban J connectivity index is 1.78. The number of benzene rings is 1. The number of hydrogen-bond donors (Lipinski definition) is 2. The minimum atomic E-state index is -0.404. The first-order chi connectivity index (χ1) is 11.3. The van der Waals surface area contributed by atoms with E-state index in [2.05, 4.69) is 24.8 Å². The summed E-state index contributed by atoms with van der Waals surface area (Å²) in [6, 6.07) is 7.95. The maximum Gasteiger partial charge on any atom is 0.182 e. The predicted octanol–water partition coefficient (Wildman–Crippen LogP) is 1.67. The summed E-state index contributed by atoms with van der Waals surface area (Å²) >= 11 is 0. The highest BCUT2D eigenvalue weighted by molar-refractivity contribution is 5.83. The van der Waals surface area contributed by atoms with E-state index in [4.69, 9.17) is 4.74 Å². The SMILES string of the molecule is COc1cccc([C@@H]2C[C@@H](O)CN2c2ncnc3nc[nH]c23)c1. The summed E-state index contributed by atoms with van der Waals surface area (Å²) in [5, 5.41) is 10.2. The average Bonchev–Trinajstić information content (AvgIpc) is 3.21.